The maximum absolute atomic E-state index is 13.2. The first-order valence-electron chi connectivity index (χ1n) is 9.72. The Balaban J connectivity index is 1.75. The molecular weight excluding hydrogens is 398 g/mol. The van der Waals surface area contributed by atoms with Gasteiger partial charge in [-0.15, -0.1) is 0 Å². The van der Waals surface area contributed by atoms with Crippen molar-refractivity contribution >= 4 is 22.5 Å². The number of hydrogen-bond donors (Lipinski definition) is 1. The Kier molecular flexibility index (Phi) is 5.24. The minimum absolute atomic E-state index is 0.137. The number of carbonyl (C=O) groups excluding carboxylic acids is 1. The average Bonchev–Trinajstić information content (AvgIpc) is 3.15. The number of amides is 1. The number of fused-ring (bicyclic) bond motifs is 1. The largest absolute Gasteiger partial charge is 0.337 e. The number of carbonyl (C=O) groups is 1. The van der Waals surface area contributed by atoms with E-state index in [1.807, 2.05) is 32.0 Å². The zero-order chi connectivity index (χ0) is 22.1. The summed E-state index contributed by atoms with van der Waals surface area (Å²) in [6.07, 6.45) is 0. The van der Waals surface area contributed by atoms with Crippen LogP contribution in [0.2, 0.25) is 0 Å². The normalized spacial score (nSPS) is 11.1. The number of aryl methyl sites for hydroxylation is 3. The number of nitrogens with zero attached hydrogens (tertiary/aromatic N) is 4. The maximum atomic E-state index is 13.2. The molecular formula is C22H21N5O4. The molecule has 1 N–H and O–H groups in total. The average molecular weight is 419 g/mol. The van der Waals surface area contributed by atoms with Gasteiger partial charge in [-0.1, -0.05) is 35.0 Å². The highest BCUT2D eigenvalue weighted by Crippen LogP contribution is 2.16. The molecule has 9 heteroatoms. The molecule has 1 amide bonds. The molecule has 2 aromatic heterocycles. The van der Waals surface area contributed by atoms with Gasteiger partial charge in [0.1, 0.15) is 13.1 Å². The summed E-state index contributed by atoms with van der Waals surface area (Å²) in [6, 6.07) is 12.4. The summed E-state index contributed by atoms with van der Waals surface area (Å²) in [6.45, 7) is 5.08. The van der Waals surface area contributed by atoms with Gasteiger partial charge < -0.3 is 9.84 Å². The Morgan fingerprint density at radius 1 is 1.06 bits per heavy atom. The Bertz CT molecular complexity index is 1410. The van der Waals surface area contributed by atoms with Gasteiger partial charge in [-0.2, -0.15) is 4.98 Å². The molecule has 0 aliphatic rings. The van der Waals surface area contributed by atoms with Gasteiger partial charge >= 0.3 is 5.69 Å². The van der Waals surface area contributed by atoms with E-state index in [0.717, 1.165) is 15.7 Å². The van der Waals surface area contributed by atoms with E-state index in [1.165, 1.54) is 4.57 Å². The lowest BCUT2D eigenvalue weighted by molar-refractivity contribution is -0.116. The second-order valence-electron chi connectivity index (χ2n) is 7.38. The summed E-state index contributed by atoms with van der Waals surface area (Å²) in [7, 11) is 0. The van der Waals surface area contributed by atoms with Crippen LogP contribution in [0.3, 0.4) is 0 Å². The molecule has 0 aliphatic carbocycles. The SMILES string of the molecule is Cc1ccc(NC(=O)Cn2c(=O)n(Cc3nc(C)no3)c(=O)c3ccccc32)c(C)c1. The van der Waals surface area contributed by atoms with Crippen molar-refractivity contribution in [1.29, 1.82) is 0 Å². The molecule has 31 heavy (non-hydrogen) atoms. The Hall–Kier alpha value is -4.01. The topological polar surface area (TPSA) is 112 Å². The minimum atomic E-state index is -0.629. The first-order chi connectivity index (χ1) is 14.8. The lowest BCUT2D eigenvalue weighted by Crippen LogP contribution is -2.42. The standard InChI is InChI=1S/C22H21N5O4/c1-13-8-9-17(14(2)10-13)24-19(28)11-26-18-7-5-4-6-16(18)21(29)27(22(26)30)12-20-23-15(3)25-31-20/h4-10H,11-12H2,1-3H3,(H,24,28). The van der Waals surface area contributed by atoms with Gasteiger partial charge in [0.2, 0.25) is 11.8 Å². The van der Waals surface area contributed by atoms with E-state index in [1.54, 1.807) is 31.2 Å². The van der Waals surface area contributed by atoms with Gasteiger partial charge in [0.25, 0.3) is 5.56 Å². The smallest absolute Gasteiger partial charge is 0.332 e. The molecule has 0 unspecified atom stereocenters. The van der Waals surface area contributed by atoms with Crippen LogP contribution in [-0.2, 0) is 17.9 Å². The molecule has 158 valence electrons. The highest BCUT2D eigenvalue weighted by molar-refractivity contribution is 5.92. The van der Waals surface area contributed by atoms with Crippen LogP contribution < -0.4 is 16.6 Å². The fourth-order valence-corrected chi connectivity index (χ4v) is 3.49. The van der Waals surface area contributed by atoms with Crippen molar-refractivity contribution in [3.05, 3.63) is 86.1 Å². The second kappa shape index (κ2) is 8.02. The van der Waals surface area contributed by atoms with E-state index >= 15 is 0 Å². The van der Waals surface area contributed by atoms with E-state index in [9.17, 15) is 14.4 Å². The van der Waals surface area contributed by atoms with E-state index in [4.69, 9.17) is 4.52 Å². The molecule has 0 saturated carbocycles. The summed E-state index contributed by atoms with van der Waals surface area (Å²) in [4.78, 5) is 42.9. The lowest BCUT2D eigenvalue weighted by atomic mass is 10.1. The third kappa shape index (κ3) is 4.02. The Labute approximate surface area is 176 Å². The molecule has 0 fully saturated rings. The van der Waals surface area contributed by atoms with Crippen LogP contribution in [0.1, 0.15) is 22.8 Å². The Morgan fingerprint density at radius 2 is 1.84 bits per heavy atom. The van der Waals surface area contributed by atoms with Crippen LogP contribution in [0.15, 0.2) is 56.6 Å². The van der Waals surface area contributed by atoms with Crippen molar-refractivity contribution in [2.45, 2.75) is 33.9 Å². The summed E-state index contributed by atoms with van der Waals surface area (Å²) >= 11 is 0. The van der Waals surface area contributed by atoms with Gasteiger partial charge in [-0.05, 0) is 44.5 Å². The van der Waals surface area contributed by atoms with E-state index in [-0.39, 0.29) is 24.9 Å². The maximum Gasteiger partial charge on any atom is 0.332 e. The quantitative estimate of drug-likeness (QED) is 0.531. The van der Waals surface area contributed by atoms with Crippen LogP contribution >= 0.6 is 0 Å². The number of rotatable bonds is 5. The third-order valence-corrected chi connectivity index (χ3v) is 4.95. The van der Waals surface area contributed by atoms with Crippen LogP contribution in [0.4, 0.5) is 5.69 Å². The van der Waals surface area contributed by atoms with Crippen molar-refractivity contribution in [2.24, 2.45) is 0 Å². The summed E-state index contributed by atoms with van der Waals surface area (Å²) in [5.41, 5.74) is 1.94. The fraction of sp³-hybridized carbons (Fsp3) is 0.227. The van der Waals surface area contributed by atoms with Gasteiger partial charge in [0.15, 0.2) is 5.82 Å². The van der Waals surface area contributed by atoms with E-state index < -0.39 is 11.2 Å². The van der Waals surface area contributed by atoms with Crippen molar-refractivity contribution in [2.75, 3.05) is 5.32 Å². The molecule has 0 spiro atoms. The number of para-hydroxylation sites is 1. The van der Waals surface area contributed by atoms with Crippen LogP contribution in [0.25, 0.3) is 10.9 Å². The molecule has 2 aromatic carbocycles. The number of benzene rings is 2. The molecule has 0 radical (unpaired) electrons. The highest BCUT2D eigenvalue weighted by Gasteiger charge is 2.17. The van der Waals surface area contributed by atoms with Crippen molar-refractivity contribution < 1.29 is 9.32 Å². The zero-order valence-electron chi connectivity index (χ0n) is 17.4. The number of nitrogens with one attached hydrogen (secondary N) is 1. The van der Waals surface area contributed by atoms with Gasteiger partial charge in [-0.3, -0.25) is 18.7 Å². The summed E-state index contributed by atoms with van der Waals surface area (Å²) < 4.78 is 7.34. The number of aromatic nitrogens is 4. The van der Waals surface area contributed by atoms with Crippen molar-refractivity contribution in [1.82, 2.24) is 19.3 Å². The van der Waals surface area contributed by atoms with Gasteiger partial charge in [0.05, 0.1) is 10.9 Å². The van der Waals surface area contributed by atoms with E-state index in [0.29, 0.717) is 22.4 Å². The Morgan fingerprint density at radius 3 is 2.55 bits per heavy atom. The van der Waals surface area contributed by atoms with Crippen LogP contribution in [0.5, 0.6) is 0 Å². The number of hydrogen-bond acceptors (Lipinski definition) is 6. The third-order valence-electron chi connectivity index (χ3n) is 4.95. The monoisotopic (exact) mass is 419 g/mol. The minimum Gasteiger partial charge on any atom is -0.337 e. The van der Waals surface area contributed by atoms with E-state index in [2.05, 4.69) is 15.5 Å². The van der Waals surface area contributed by atoms with Crippen LogP contribution in [0, 0.1) is 20.8 Å². The molecule has 9 nitrogen and oxygen atoms in total. The summed E-state index contributed by atoms with van der Waals surface area (Å²) in [5.74, 6) is 0.160. The van der Waals surface area contributed by atoms with Crippen LogP contribution in [-0.4, -0.2) is 25.2 Å². The predicted molar refractivity (Wildman–Crippen MR) is 115 cm³/mol. The van der Waals surface area contributed by atoms with Crippen molar-refractivity contribution in [3.63, 3.8) is 0 Å². The highest BCUT2D eigenvalue weighted by atomic mass is 16.5. The molecule has 4 rings (SSSR count). The molecule has 0 bridgehead atoms. The molecule has 4 aromatic rings. The second-order valence-corrected chi connectivity index (χ2v) is 7.38. The van der Waals surface area contributed by atoms with Gasteiger partial charge in [0, 0.05) is 5.69 Å². The molecule has 0 aliphatic heterocycles. The fourth-order valence-electron chi connectivity index (χ4n) is 3.49. The predicted octanol–water partition coefficient (Wildman–Crippen LogP) is 2.16. The summed E-state index contributed by atoms with van der Waals surface area (Å²) in [5, 5.41) is 6.85. The molecule has 0 atom stereocenters. The first kappa shape index (κ1) is 20.3. The molecule has 0 saturated heterocycles. The van der Waals surface area contributed by atoms with Crippen molar-refractivity contribution in [3.8, 4) is 0 Å². The lowest BCUT2D eigenvalue weighted by Gasteiger charge is -2.14. The molecule has 2 heterocycles. The number of anilines is 1. The van der Waals surface area contributed by atoms with Gasteiger partial charge in [-0.25, -0.2) is 4.79 Å². The first-order valence-corrected chi connectivity index (χ1v) is 9.72. The zero-order valence-corrected chi connectivity index (χ0v) is 17.4.